The maximum atomic E-state index is 12.9. The highest BCUT2D eigenvalue weighted by Crippen LogP contribution is 2.44. The average Bonchev–Trinajstić information content (AvgIpc) is 3.14. The topological polar surface area (TPSA) is 49.0 Å². The zero-order valence-electron chi connectivity index (χ0n) is 12.3. The van der Waals surface area contributed by atoms with E-state index in [4.69, 9.17) is 0 Å². The number of hydrogen-bond donors (Lipinski definition) is 1. The predicted octanol–water partition coefficient (Wildman–Crippen LogP) is 3.36. The number of carbonyl (C=O) groups excluding carboxylic acids is 1. The molecule has 1 aromatic heterocycles. The van der Waals surface area contributed by atoms with Crippen LogP contribution in [0.4, 0.5) is 0 Å². The lowest BCUT2D eigenvalue weighted by atomic mass is 9.73. The van der Waals surface area contributed by atoms with E-state index in [9.17, 15) is 4.79 Å². The van der Waals surface area contributed by atoms with E-state index in [2.05, 4.69) is 15.1 Å². The van der Waals surface area contributed by atoms with Gasteiger partial charge in [-0.25, -0.2) is 0 Å². The van der Waals surface area contributed by atoms with Crippen molar-refractivity contribution in [3.05, 3.63) is 30.0 Å². The minimum Gasteiger partial charge on any atom is -0.338 e. The maximum absolute atomic E-state index is 12.9. The molecular weight excluding hydrogens is 262 g/mol. The molecule has 1 saturated heterocycles. The number of likely N-dealkylation sites (tertiary alicyclic amines) is 1. The molecule has 1 spiro atoms. The Bertz CT molecular complexity index is 669. The molecule has 0 bridgehead atoms. The Morgan fingerprint density at radius 1 is 1.19 bits per heavy atom. The number of nitrogens with one attached hydrogen (secondary N) is 1. The lowest BCUT2D eigenvalue weighted by Gasteiger charge is -2.33. The van der Waals surface area contributed by atoms with Gasteiger partial charge < -0.3 is 4.90 Å². The van der Waals surface area contributed by atoms with Gasteiger partial charge in [-0.2, -0.15) is 5.10 Å². The first kappa shape index (κ1) is 12.9. The summed E-state index contributed by atoms with van der Waals surface area (Å²) in [5.74, 6) is 0.160. The molecule has 21 heavy (non-hydrogen) atoms. The number of fused-ring (bicyclic) bond motifs is 1. The smallest absolute Gasteiger partial charge is 0.256 e. The number of nitrogens with zero attached hydrogens (tertiary/aromatic N) is 2. The van der Waals surface area contributed by atoms with Gasteiger partial charge in [-0.3, -0.25) is 9.89 Å². The number of benzene rings is 1. The standard InChI is InChI=1S/C17H21N3O/c21-16(14-6-4-5-13-11-18-19-15(13)14)20-10-9-17(12-20)7-2-1-3-8-17/h4-6,11H,1-3,7-10,12H2,(H,18,19). The summed E-state index contributed by atoms with van der Waals surface area (Å²) in [7, 11) is 0. The summed E-state index contributed by atoms with van der Waals surface area (Å²) in [6, 6.07) is 5.84. The molecule has 4 rings (SSSR count). The number of aromatic amines is 1. The predicted molar refractivity (Wildman–Crippen MR) is 82.1 cm³/mol. The van der Waals surface area contributed by atoms with Crippen LogP contribution in [0.15, 0.2) is 24.4 Å². The van der Waals surface area contributed by atoms with Crippen molar-refractivity contribution in [1.29, 1.82) is 0 Å². The molecule has 4 nitrogen and oxygen atoms in total. The molecule has 4 heteroatoms. The molecule has 1 aliphatic carbocycles. The van der Waals surface area contributed by atoms with Crippen molar-refractivity contribution in [2.24, 2.45) is 5.41 Å². The second-order valence-electron chi connectivity index (χ2n) is 6.68. The molecule has 1 saturated carbocycles. The van der Waals surface area contributed by atoms with Gasteiger partial charge in [0.2, 0.25) is 0 Å². The third-order valence-electron chi connectivity index (χ3n) is 5.35. The summed E-state index contributed by atoms with van der Waals surface area (Å²) in [5, 5.41) is 8.03. The van der Waals surface area contributed by atoms with E-state index in [1.165, 1.54) is 38.5 Å². The highest BCUT2D eigenvalue weighted by Gasteiger charge is 2.40. The molecule has 2 fully saturated rings. The van der Waals surface area contributed by atoms with Crippen molar-refractivity contribution >= 4 is 16.8 Å². The summed E-state index contributed by atoms with van der Waals surface area (Å²) in [4.78, 5) is 14.9. The van der Waals surface area contributed by atoms with Crippen LogP contribution in [0.3, 0.4) is 0 Å². The number of amides is 1. The van der Waals surface area contributed by atoms with Crippen LogP contribution < -0.4 is 0 Å². The number of H-pyrrole nitrogens is 1. The fourth-order valence-electron chi connectivity index (χ4n) is 4.14. The minimum absolute atomic E-state index is 0.160. The summed E-state index contributed by atoms with van der Waals surface area (Å²) in [6.07, 6.45) is 9.58. The second-order valence-corrected chi connectivity index (χ2v) is 6.68. The highest BCUT2D eigenvalue weighted by atomic mass is 16.2. The van der Waals surface area contributed by atoms with Crippen molar-refractivity contribution in [1.82, 2.24) is 15.1 Å². The van der Waals surface area contributed by atoms with Crippen LogP contribution in [0.2, 0.25) is 0 Å². The fourth-order valence-corrected chi connectivity index (χ4v) is 4.14. The first-order chi connectivity index (χ1) is 10.3. The Kier molecular flexibility index (Phi) is 2.98. The highest BCUT2D eigenvalue weighted by molar-refractivity contribution is 6.05. The summed E-state index contributed by atoms with van der Waals surface area (Å²) >= 11 is 0. The second kappa shape index (κ2) is 4.86. The molecule has 2 aliphatic rings. The molecule has 0 unspecified atom stereocenters. The molecule has 110 valence electrons. The Hall–Kier alpha value is -1.84. The monoisotopic (exact) mass is 283 g/mol. The molecule has 0 atom stereocenters. The average molecular weight is 283 g/mol. The molecule has 2 aromatic rings. The van der Waals surface area contributed by atoms with Crippen molar-refractivity contribution in [3.8, 4) is 0 Å². The van der Waals surface area contributed by atoms with E-state index < -0.39 is 0 Å². The Labute approximate surface area is 124 Å². The number of hydrogen-bond acceptors (Lipinski definition) is 2. The van der Waals surface area contributed by atoms with Gasteiger partial charge in [-0.1, -0.05) is 31.4 Å². The number of rotatable bonds is 1. The van der Waals surface area contributed by atoms with Crippen LogP contribution in [0, 0.1) is 5.41 Å². The summed E-state index contributed by atoms with van der Waals surface area (Å²) < 4.78 is 0. The van der Waals surface area contributed by atoms with Gasteiger partial charge in [-0.15, -0.1) is 0 Å². The van der Waals surface area contributed by atoms with Gasteiger partial charge in [0.1, 0.15) is 0 Å². The molecule has 2 heterocycles. The van der Waals surface area contributed by atoms with E-state index in [-0.39, 0.29) is 5.91 Å². The van der Waals surface area contributed by atoms with E-state index in [0.717, 1.165) is 29.6 Å². The number of para-hydroxylation sites is 1. The van der Waals surface area contributed by atoms with Gasteiger partial charge in [-0.05, 0) is 30.7 Å². The first-order valence-electron chi connectivity index (χ1n) is 7.99. The summed E-state index contributed by atoms with van der Waals surface area (Å²) in [5.41, 5.74) is 2.04. The van der Waals surface area contributed by atoms with E-state index in [0.29, 0.717) is 5.41 Å². The Balaban J connectivity index is 1.59. The fraction of sp³-hybridized carbons (Fsp3) is 0.529. The zero-order valence-corrected chi connectivity index (χ0v) is 12.3. The van der Waals surface area contributed by atoms with Gasteiger partial charge in [0, 0.05) is 18.5 Å². The summed E-state index contributed by atoms with van der Waals surface area (Å²) in [6.45, 7) is 1.85. The lowest BCUT2D eigenvalue weighted by Crippen LogP contribution is -2.33. The van der Waals surface area contributed by atoms with Crippen molar-refractivity contribution < 1.29 is 4.79 Å². The Morgan fingerprint density at radius 2 is 2.05 bits per heavy atom. The van der Waals surface area contributed by atoms with Crippen molar-refractivity contribution in [2.75, 3.05) is 13.1 Å². The third-order valence-corrected chi connectivity index (χ3v) is 5.35. The zero-order chi connectivity index (χ0) is 14.3. The van der Waals surface area contributed by atoms with Crippen LogP contribution in [-0.4, -0.2) is 34.1 Å². The lowest BCUT2D eigenvalue weighted by molar-refractivity contribution is 0.0760. The van der Waals surface area contributed by atoms with Crippen molar-refractivity contribution in [3.63, 3.8) is 0 Å². The van der Waals surface area contributed by atoms with Crippen LogP contribution in [0.5, 0.6) is 0 Å². The van der Waals surface area contributed by atoms with E-state index in [1.807, 2.05) is 18.2 Å². The van der Waals surface area contributed by atoms with Crippen molar-refractivity contribution in [2.45, 2.75) is 38.5 Å². The van der Waals surface area contributed by atoms with Crippen LogP contribution in [-0.2, 0) is 0 Å². The quantitative estimate of drug-likeness (QED) is 0.872. The first-order valence-corrected chi connectivity index (χ1v) is 7.99. The van der Waals surface area contributed by atoms with E-state index in [1.54, 1.807) is 6.20 Å². The van der Waals surface area contributed by atoms with Gasteiger partial charge >= 0.3 is 0 Å². The number of carbonyl (C=O) groups is 1. The van der Waals surface area contributed by atoms with E-state index >= 15 is 0 Å². The van der Waals surface area contributed by atoms with Crippen LogP contribution >= 0.6 is 0 Å². The molecule has 1 aromatic carbocycles. The van der Waals surface area contributed by atoms with Crippen LogP contribution in [0.25, 0.3) is 10.9 Å². The SMILES string of the molecule is O=C(c1cccc2cn[nH]c12)N1CCC2(CCCCC2)C1. The molecular formula is C17H21N3O. The molecule has 1 aliphatic heterocycles. The third kappa shape index (κ3) is 2.13. The maximum Gasteiger partial charge on any atom is 0.256 e. The molecule has 0 radical (unpaired) electrons. The minimum atomic E-state index is 0.160. The van der Waals surface area contributed by atoms with Gasteiger partial charge in [0.25, 0.3) is 5.91 Å². The van der Waals surface area contributed by atoms with Gasteiger partial charge in [0.05, 0.1) is 17.3 Å². The van der Waals surface area contributed by atoms with Crippen LogP contribution in [0.1, 0.15) is 48.9 Å². The molecule has 1 amide bonds. The molecule has 1 N–H and O–H groups in total. The largest absolute Gasteiger partial charge is 0.338 e. The number of aromatic nitrogens is 2. The normalized spacial score (nSPS) is 21.2. The van der Waals surface area contributed by atoms with Gasteiger partial charge in [0.15, 0.2) is 0 Å². The Morgan fingerprint density at radius 3 is 2.90 bits per heavy atom.